The van der Waals surface area contributed by atoms with Crippen LogP contribution in [0, 0.1) is 16.2 Å². The third-order valence-corrected chi connectivity index (χ3v) is 7.03. The molecule has 0 unspecified atom stereocenters. The highest BCUT2D eigenvalue weighted by atomic mass is 32.1. The highest BCUT2D eigenvalue weighted by Crippen LogP contribution is 2.68. The molecule has 0 N–H and O–H groups in total. The minimum Gasteiger partial charge on any atom is -0.212 e. The predicted molar refractivity (Wildman–Crippen MR) is 65.5 cm³/mol. The van der Waals surface area contributed by atoms with Gasteiger partial charge >= 0.3 is 0 Å². The van der Waals surface area contributed by atoms with Crippen molar-refractivity contribution in [2.24, 2.45) is 16.2 Å². The van der Waals surface area contributed by atoms with Gasteiger partial charge in [0.25, 0.3) is 0 Å². The molecule has 4 heteroatoms. The summed E-state index contributed by atoms with van der Waals surface area (Å²) in [5.74, 6) is 0. The van der Waals surface area contributed by atoms with Crippen LogP contribution in [0.5, 0.6) is 0 Å². The van der Waals surface area contributed by atoms with Crippen molar-refractivity contribution in [3.8, 4) is 0 Å². The van der Waals surface area contributed by atoms with Gasteiger partial charge in [-0.3, -0.25) is 0 Å². The molecule has 0 aromatic heterocycles. The van der Waals surface area contributed by atoms with Gasteiger partial charge in [0, 0.05) is 10.8 Å². The Labute approximate surface area is 97.6 Å². The van der Waals surface area contributed by atoms with Crippen molar-refractivity contribution in [1.82, 2.24) is 0 Å². The third-order valence-electron chi connectivity index (χ3n) is 5.26. The van der Waals surface area contributed by atoms with Crippen LogP contribution in [0.3, 0.4) is 0 Å². The molecule has 84 valence electrons. The quantitative estimate of drug-likeness (QED) is 0.607. The molecule has 2 bridgehead atoms. The fourth-order valence-electron chi connectivity index (χ4n) is 3.29. The Morgan fingerprint density at radius 1 is 0.867 bits per heavy atom. The van der Waals surface area contributed by atoms with Crippen LogP contribution >= 0.6 is 0 Å². The average Bonchev–Trinajstić information content (AvgIpc) is 2.43. The van der Waals surface area contributed by atoms with E-state index in [0.717, 1.165) is 22.6 Å². The maximum atomic E-state index is 11.2. The van der Waals surface area contributed by atoms with Gasteiger partial charge in [-0.1, -0.05) is 27.7 Å². The Kier molecular flexibility index (Phi) is 2.19. The van der Waals surface area contributed by atoms with Gasteiger partial charge in [0.2, 0.25) is 0 Å². The SMILES string of the molecule is CC1(C)[C@@]2(C)CC[C@]1(C)C(=S=O)C2=S=O. The summed E-state index contributed by atoms with van der Waals surface area (Å²) in [6.07, 6.45) is 2.07. The van der Waals surface area contributed by atoms with E-state index in [-0.39, 0.29) is 16.2 Å². The second-order valence-electron chi connectivity index (χ2n) is 5.61. The molecule has 0 amide bonds. The number of hydrogen-bond donors (Lipinski definition) is 0. The van der Waals surface area contributed by atoms with E-state index in [1.807, 2.05) is 0 Å². The van der Waals surface area contributed by atoms with Crippen LogP contribution in [0.4, 0.5) is 0 Å². The second kappa shape index (κ2) is 2.92. The summed E-state index contributed by atoms with van der Waals surface area (Å²) in [5, 5.41) is 0. The van der Waals surface area contributed by atoms with E-state index in [1.165, 1.54) is 0 Å². The molecular weight excluding hydrogens is 228 g/mol. The first-order valence-electron chi connectivity index (χ1n) is 5.20. The first-order valence-corrected chi connectivity index (χ1v) is 6.68. The van der Waals surface area contributed by atoms with Gasteiger partial charge in [-0.2, -0.15) is 0 Å². The van der Waals surface area contributed by atoms with Gasteiger partial charge < -0.3 is 0 Å². The summed E-state index contributed by atoms with van der Waals surface area (Å²) in [4.78, 5) is 1.61. The first kappa shape index (κ1) is 11.3. The van der Waals surface area contributed by atoms with Crippen molar-refractivity contribution in [2.45, 2.75) is 40.5 Å². The maximum absolute atomic E-state index is 11.2. The Balaban J connectivity index is 2.83. The molecule has 2 saturated carbocycles. The molecule has 2 nitrogen and oxygen atoms in total. The van der Waals surface area contributed by atoms with Crippen LogP contribution in [0.1, 0.15) is 40.5 Å². The molecule has 2 atom stereocenters. The monoisotopic (exact) mass is 244 g/mol. The summed E-state index contributed by atoms with van der Waals surface area (Å²) in [7, 11) is 0. The van der Waals surface area contributed by atoms with E-state index in [0.29, 0.717) is 22.5 Å². The summed E-state index contributed by atoms with van der Waals surface area (Å²) in [5.41, 5.74) is -0.138. The van der Waals surface area contributed by atoms with Crippen LogP contribution in [-0.2, 0) is 22.5 Å². The van der Waals surface area contributed by atoms with Crippen molar-refractivity contribution < 1.29 is 8.42 Å². The molecule has 2 aliphatic carbocycles. The molecule has 0 heterocycles. The standard InChI is InChI=1S/C11H16O2S2/c1-9(2)10(3)5-6-11(9,4)8(15-13)7(10)14-12/h5-6H2,1-4H3/t10-,11+. The minimum atomic E-state index is -0.0824. The van der Waals surface area contributed by atoms with E-state index >= 15 is 0 Å². The summed E-state index contributed by atoms with van der Waals surface area (Å²) >= 11 is 1.07. The topological polar surface area (TPSA) is 34.1 Å². The van der Waals surface area contributed by atoms with Crippen molar-refractivity contribution in [2.75, 3.05) is 0 Å². The van der Waals surface area contributed by atoms with E-state index in [4.69, 9.17) is 0 Å². The molecule has 0 saturated heterocycles. The summed E-state index contributed by atoms with van der Waals surface area (Å²) in [6, 6.07) is 0. The molecule has 2 aliphatic rings. The minimum absolute atomic E-state index is 0.0273. The van der Waals surface area contributed by atoms with E-state index in [9.17, 15) is 8.42 Å². The van der Waals surface area contributed by atoms with Gasteiger partial charge in [-0.25, -0.2) is 8.42 Å². The lowest BCUT2D eigenvalue weighted by atomic mass is 9.66. The number of fused-ring (bicyclic) bond motifs is 2. The third kappa shape index (κ3) is 0.954. The van der Waals surface area contributed by atoms with Crippen LogP contribution < -0.4 is 0 Å². The van der Waals surface area contributed by atoms with Crippen LogP contribution in [0.25, 0.3) is 0 Å². The first-order chi connectivity index (χ1) is 6.85. The molecule has 0 spiro atoms. The normalized spacial score (nSPS) is 42.1. The van der Waals surface area contributed by atoms with Crippen LogP contribution in [0.15, 0.2) is 0 Å². The maximum Gasteiger partial charge on any atom is 0.0939 e. The molecular formula is C11H16O2S2. The number of rotatable bonds is 0. The Bertz CT molecular complexity index is 402. The van der Waals surface area contributed by atoms with Gasteiger partial charge in [-0.15, -0.1) is 0 Å². The Hall–Kier alpha value is -0.220. The van der Waals surface area contributed by atoms with E-state index < -0.39 is 0 Å². The van der Waals surface area contributed by atoms with Gasteiger partial charge in [0.15, 0.2) is 0 Å². The summed E-state index contributed by atoms with van der Waals surface area (Å²) in [6.45, 7) is 8.67. The van der Waals surface area contributed by atoms with Gasteiger partial charge in [-0.05, 0) is 18.3 Å². The predicted octanol–water partition coefficient (Wildman–Crippen LogP) is 1.60. The fourth-order valence-corrected chi connectivity index (χ4v) is 5.18. The second-order valence-corrected chi connectivity index (χ2v) is 6.76. The zero-order valence-corrected chi connectivity index (χ0v) is 11.2. The van der Waals surface area contributed by atoms with Crippen molar-refractivity contribution in [3.05, 3.63) is 0 Å². The molecule has 0 aliphatic heterocycles. The lowest BCUT2D eigenvalue weighted by Crippen LogP contribution is -2.34. The van der Waals surface area contributed by atoms with Crippen LogP contribution in [0.2, 0.25) is 0 Å². The molecule has 2 rings (SSSR count). The van der Waals surface area contributed by atoms with E-state index in [2.05, 4.69) is 27.7 Å². The lowest BCUT2D eigenvalue weighted by Gasteiger charge is -2.37. The van der Waals surface area contributed by atoms with Gasteiger partial charge in [0.1, 0.15) is 0 Å². The zero-order valence-electron chi connectivity index (χ0n) is 9.55. The lowest BCUT2D eigenvalue weighted by molar-refractivity contribution is 0.148. The molecule has 2 fully saturated rings. The molecule has 0 aromatic rings. The largest absolute Gasteiger partial charge is 0.212 e. The average molecular weight is 244 g/mol. The van der Waals surface area contributed by atoms with Crippen molar-refractivity contribution >= 4 is 32.2 Å². The Morgan fingerprint density at radius 2 is 1.20 bits per heavy atom. The highest BCUT2D eigenvalue weighted by molar-refractivity contribution is 7.77. The van der Waals surface area contributed by atoms with Crippen LogP contribution in [-0.4, -0.2) is 18.1 Å². The summed E-state index contributed by atoms with van der Waals surface area (Å²) < 4.78 is 22.5. The van der Waals surface area contributed by atoms with Gasteiger partial charge in [0.05, 0.1) is 32.2 Å². The van der Waals surface area contributed by atoms with E-state index in [1.54, 1.807) is 0 Å². The molecule has 15 heavy (non-hydrogen) atoms. The van der Waals surface area contributed by atoms with Crippen molar-refractivity contribution in [1.29, 1.82) is 0 Å². The number of hydrogen-bond acceptors (Lipinski definition) is 2. The molecule has 0 aromatic carbocycles. The zero-order chi connectivity index (χ0) is 11.5. The highest BCUT2D eigenvalue weighted by Gasteiger charge is 2.69. The Morgan fingerprint density at radius 3 is 1.47 bits per heavy atom. The smallest absolute Gasteiger partial charge is 0.0939 e. The molecule has 0 radical (unpaired) electrons. The van der Waals surface area contributed by atoms with Crippen molar-refractivity contribution in [3.63, 3.8) is 0 Å². The fraction of sp³-hybridized carbons (Fsp3) is 0.818.